The topological polar surface area (TPSA) is 21.8 Å². The van der Waals surface area contributed by atoms with Crippen molar-refractivity contribution < 1.29 is 9.47 Å². The molecule has 2 aromatic carbocycles. The fourth-order valence-corrected chi connectivity index (χ4v) is 2.94. The Hall–Kier alpha value is -2.06. The lowest BCUT2D eigenvalue weighted by molar-refractivity contribution is 0.261. The van der Waals surface area contributed by atoms with Crippen LogP contribution < -0.4 is 4.74 Å². The zero-order valence-corrected chi connectivity index (χ0v) is 14.3. The summed E-state index contributed by atoms with van der Waals surface area (Å²) in [6, 6.07) is 10.9. The highest BCUT2D eigenvalue weighted by molar-refractivity contribution is 5.74. The Morgan fingerprint density at radius 3 is 2.26 bits per heavy atom. The molecule has 0 bridgehead atoms. The lowest BCUT2D eigenvalue weighted by Gasteiger charge is -2.13. The summed E-state index contributed by atoms with van der Waals surface area (Å²) in [7, 11) is 0. The average molecular weight is 308 g/mol. The number of hydrogen-bond donors (Lipinski definition) is 0. The molecule has 0 spiro atoms. The highest BCUT2D eigenvalue weighted by atomic mass is 16.6. The van der Waals surface area contributed by atoms with Crippen molar-refractivity contribution in [1.29, 1.82) is 0 Å². The Morgan fingerprint density at radius 2 is 1.61 bits per heavy atom. The number of epoxide rings is 1. The molecule has 120 valence electrons. The fourth-order valence-electron chi connectivity index (χ4n) is 2.94. The summed E-state index contributed by atoms with van der Waals surface area (Å²) in [5.41, 5.74) is 7.34. The molecule has 0 radical (unpaired) electrons. The standard InChI is InChI=1S/C21H24O2/c1-14-7-15(2)10-18(9-14)5-6-19-11-16(3)8-17(4)21(19)23-13-20-12-22-20/h5-11,20H,12-13H2,1-4H3. The molecule has 0 amide bonds. The molecule has 0 aliphatic carbocycles. The first kappa shape index (κ1) is 15.8. The minimum atomic E-state index is 0.270. The van der Waals surface area contributed by atoms with E-state index in [0.29, 0.717) is 6.61 Å². The van der Waals surface area contributed by atoms with Crippen molar-refractivity contribution in [2.45, 2.75) is 33.8 Å². The van der Waals surface area contributed by atoms with Crippen LogP contribution >= 0.6 is 0 Å². The summed E-state index contributed by atoms with van der Waals surface area (Å²) < 4.78 is 11.3. The highest BCUT2D eigenvalue weighted by Gasteiger charge is 2.23. The quantitative estimate of drug-likeness (QED) is 0.580. The summed E-state index contributed by atoms with van der Waals surface area (Å²) in [5, 5.41) is 0. The molecule has 0 N–H and O–H groups in total. The molecular formula is C21H24O2. The van der Waals surface area contributed by atoms with Crippen molar-refractivity contribution >= 4 is 12.2 Å². The van der Waals surface area contributed by atoms with Gasteiger partial charge in [0.05, 0.1) is 6.61 Å². The van der Waals surface area contributed by atoms with Crippen molar-refractivity contribution in [3.63, 3.8) is 0 Å². The van der Waals surface area contributed by atoms with E-state index in [1.165, 1.54) is 27.8 Å². The van der Waals surface area contributed by atoms with Crippen LogP contribution in [0.15, 0.2) is 30.3 Å². The van der Waals surface area contributed by atoms with Gasteiger partial charge in [0.15, 0.2) is 0 Å². The zero-order chi connectivity index (χ0) is 16.4. The first-order valence-electron chi connectivity index (χ1n) is 8.13. The second-order valence-corrected chi connectivity index (χ2v) is 6.52. The van der Waals surface area contributed by atoms with E-state index in [1.54, 1.807) is 0 Å². The smallest absolute Gasteiger partial charge is 0.129 e. The molecule has 2 heteroatoms. The van der Waals surface area contributed by atoms with Gasteiger partial charge >= 0.3 is 0 Å². The monoisotopic (exact) mass is 308 g/mol. The summed E-state index contributed by atoms with van der Waals surface area (Å²) in [5.74, 6) is 0.965. The maximum atomic E-state index is 6.01. The first-order valence-corrected chi connectivity index (χ1v) is 8.13. The molecule has 1 atom stereocenters. The third kappa shape index (κ3) is 4.23. The van der Waals surface area contributed by atoms with E-state index in [1.807, 2.05) is 0 Å². The van der Waals surface area contributed by atoms with Crippen molar-refractivity contribution in [3.8, 4) is 5.75 Å². The molecule has 0 aromatic heterocycles. The van der Waals surface area contributed by atoms with Crippen LogP contribution in [0.4, 0.5) is 0 Å². The Kier molecular flexibility index (Phi) is 4.53. The summed E-state index contributed by atoms with van der Waals surface area (Å²) in [6.45, 7) is 9.93. The van der Waals surface area contributed by atoms with Crippen LogP contribution in [0.2, 0.25) is 0 Å². The van der Waals surface area contributed by atoms with Gasteiger partial charge in [0.25, 0.3) is 0 Å². The number of benzene rings is 2. The molecule has 1 heterocycles. The molecule has 2 nitrogen and oxygen atoms in total. The van der Waals surface area contributed by atoms with Crippen LogP contribution in [-0.4, -0.2) is 19.3 Å². The van der Waals surface area contributed by atoms with Gasteiger partial charge in [-0.3, -0.25) is 0 Å². The van der Waals surface area contributed by atoms with Gasteiger partial charge in [-0.25, -0.2) is 0 Å². The molecule has 1 saturated heterocycles. The maximum Gasteiger partial charge on any atom is 0.129 e. The lowest BCUT2D eigenvalue weighted by Crippen LogP contribution is -2.06. The second-order valence-electron chi connectivity index (χ2n) is 6.52. The highest BCUT2D eigenvalue weighted by Crippen LogP contribution is 2.28. The molecule has 1 aliphatic heterocycles. The van der Waals surface area contributed by atoms with E-state index in [2.05, 4.69) is 70.2 Å². The van der Waals surface area contributed by atoms with Crippen molar-refractivity contribution in [2.75, 3.05) is 13.2 Å². The molecular weight excluding hydrogens is 284 g/mol. The van der Waals surface area contributed by atoms with Crippen LogP contribution in [0.1, 0.15) is 33.4 Å². The minimum Gasteiger partial charge on any atom is -0.490 e. The number of rotatable bonds is 5. The number of hydrogen-bond acceptors (Lipinski definition) is 2. The fraction of sp³-hybridized carbons (Fsp3) is 0.333. The van der Waals surface area contributed by atoms with E-state index in [9.17, 15) is 0 Å². The van der Waals surface area contributed by atoms with Crippen molar-refractivity contribution in [1.82, 2.24) is 0 Å². The van der Waals surface area contributed by atoms with E-state index < -0.39 is 0 Å². The molecule has 3 rings (SSSR count). The molecule has 1 aliphatic rings. The van der Waals surface area contributed by atoms with E-state index in [-0.39, 0.29) is 6.10 Å². The summed E-state index contributed by atoms with van der Waals surface area (Å²) >= 11 is 0. The van der Waals surface area contributed by atoms with Gasteiger partial charge in [-0.15, -0.1) is 0 Å². The SMILES string of the molecule is Cc1cc(C)cc(C=Cc2cc(C)cc(C)c2OCC2CO2)c1. The molecule has 23 heavy (non-hydrogen) atoms. The summed E-state index contributed by atoms with van der Waals surface area (Å²) in [6.07, 6.45) is 4.58. The number of aryl methyl sites for hydroxylation is 4. The van der Waals surface area contributed by atoms with Gasteiger partial charge in [-0.1, -0.05) is 53.1 Å². The van der Waals surface area contributed by atoms with Crippen molar-refractivity contribution in [3.05, 3.63) is 63.7 Å². The largest absolute Gasteiger partial charge is 0.490 e. The average Bonchev–Trinajstić information content (AvgIpc) is 3.27. The van der Waals surface area contributed by atoms with Crippen LogP contribution in [0.25, 0.3) is 12.2 Å². The number of ether oxygens (including phenoxy) is 2. The third-order valence-electron chi connectivity index (χ3n) is 3.96. The van der Waals surface area contributed by atoms with Gasteiger partial charge in [0, 0.05) is 5.56 Å². The zero-order valence-electron chi connectivity index (χ0n) is 14.3. The predicted molar refractivity (Wildman–Crippen MR) is 96.0 cm³/mol. The van der Waals surface area contributed by atoms with E-state index >= 15 is 0 Å². The van der Waals surface area contributed by atoms with Crippen molar-refractivity contribution in [2.24, 2.45) is 0 Å². The van der Waals surface area contributed by atoms with E-state index in [4.69, 9.17) is 9.47 Å². The Balaban J connectivity index is 1.88. The van der Waals surface area contributed by atoms with Gasteiger partial charge in [0.2, 0.25) is 0 Å². The first-order chi connectivity index (χ1) is 11.0. The molecule has 0 saturated carbocycles. The van der Waals surface area contributed by atoms with Crippen LogP contribution in [0.5, 0.6) is 5.75 Å². The van der Waals surface area contributed by atoms with Crippen LogP contribution in [-0.2, 0) is 4.74 Å². The summed E-state index contributed by atoms with van der Waals surface area (Å²) in [4.78, 5) is 0. The Morgan fingerprint density at radius 1 is 0.957 bits per heavy atom. The third-order valence-corrected chi connectivity index (χ3v) is 3.96. The van der Waals surface area contributed by atoms with Gasteiger partial charge in [-0.2, -0.15) is 0 Å². The maximum absolute atomic E-state index is 6.01. The Bertz CT molecular complexity index is 719. The lowest BCUT2D eigenvalue weighted by atomic mass is 10.0. The van der Waals surface area contributed by atoms with Gasteiger partial charge in [0.1, 0.15) is 18.5 Å². The normalized spacial score (nSPS) is 16.8. The van der Waals surface area contributed by atoms with E-state index in [0.717, 1.165) is 17.9 Å². The van der Waals surface area contributed by atoms with Crippen LogP contribution in [0, 0.1) is 27.7 Å². The minimum absolute atomic E-state index is 0.270. The van der Waals surface area contributed by atoms with Crippen LogP contribution in [0.3, 0.4) is 0 Å². The molecule has 1 fully saturated rings. The van der Waals surface area contributed by atoms with Gasteiger partial charge < -0.3 is 9.47 Å². The Labute approximate surface area is 138 Å². The predicted octanol–water partition coefficient (Wildman–Crippen LogP) is 4.87. The second kappa shape index (κ2) is 6.59. The van der Waals surface area contributed by atoms with Gasteiger partial charge in [-0.05, 0) is 44.9 Å². The molecule has 1 unspecified atom stereocenters. The molecule has 2 aromatic rings.